The summed E-state index contributed by atoms with van der Waals surface area (Å²) in [7, 11) is 0. The molecule has 0 aliphatic heterocycles. The van der Waals surface area contributed by atoms with Crippen LogP contribution in [0.2, 0.25) is 0 Å². The van der Waals surface area contributed by atoms with Crippen molar-refractivity contribution in [2.45, 2.75) is 51.9 Å². The number of carbonyl (C=O) groups excluding carboxylic acids is 1. The molecule has 188 valence electrons. The van der Waals surface area contributed by atoms with Gasteiger partial charge in [0, 0.05) is 23.3 Å². The van der Waals surface area contributed by atoms with E-state index < -0.39 is 29.2 Å². The molecule has 0 unspecified atom stereocenters. The van der Waals surface area contributed by atoms with Gasteiger partial charge in [-0.3, -0.25) is 0 Å². The zero-order valence-corrected chi connectivity index (χ0v) is 20.3. The molecule has 0 aliphatic carbocycles. The first-order chi connectivity index (χ1) is 17.5. The molecule has 0 radical (unpaired) electrons. The van der Waals surface area contributed by atoms with Crippen LogP contribution in [0.4, 0.5) is 13.2 Å². The van der Waals surface area contributed by atoms with Gasteiger partial charge in [0.15, 0.2) is 17.5 Å². The third kappa shape index (κ3) is 8.49. The second-order valence-electron chi connectivity index (χ2n) is 8.41. The van der Waals surface area contributed by atoms with Crippen molar-refractivity contribution in [2.24, 2.45) is 0 Å². The third-order valence-corrected chi connectivity index (χ3v) is 5.51. The summed E-state index contributed by atoms with van der Waals surface area (Å²) in [5, 5.41) is 0. The summed E-state index contributed by atoms with van der Waals surface area (Å²) in [6.07, 6.45) is 8.69. The highest BCUT2D eigenvalue weighted by Gasteiger charge is 2.14. The van der Waals surface area contributed by atoms with Crippen LogP contribution in [-0.4, -0.2) is 12.6 Å². The number of carbonyl (C=O) groups is 1. The number of hydrogen-bond donors (Lipinski definition) is 0. The van der Waals surface area contributed by atoms with E-state index in [9.17, 15) is 18.0 Å². The Labute approximate surface area is 210 Å². The maximum atomic E-state index is 13.3. The van der Waals surface area contributed by atoms with Crippen LogP contribution in [0.15, 0.2) is 60.7 Å². The number of rotatable bonds is 11. The first kappa shape index (κ1) is 26.9. The van der Waals surface area contributed by atoms with Crippen molar-refractivity contribution < 1.29 is 27.4 Å². The standard InChI is InChI=1S/C30H29F3O3/c1-2-3-4-5-6-7-8-19-35-25-17-13-23(14-18-25)10-9-22-11-15-24(16-12-22)30(34)36-26-20-27(31)29(33)28(32)21-26/h11-18,20-21H,2-8,19H2,1H3. The Balaban J connectivity index is 1.47. The average molecular weight is 495 g/mol. The van der Waals surface area contributed by atoms with E-state index in [1.165, 1.54) is 50.7 Å². The maximum Gasteiger partial charge on any atom is 0.343 e. The van der Waals surface area contributed by atoms with Crippen LogP contribution in [0.1, 0.15) is 73.4 Å². The van der Waals surface area contributed by atoms with Crippen molar-refractivity contribution >= 4 is 5.97 Å². The second-order valence-corrected chi connectivity index (χ2v) is 8.41. The van der Waals surface area contributed by atoms with Crippen molar-refractivity contribution in [2.75, 3.05) is 6.61 Å². The monoisotopic (exact) mass is 494 g/mol. The zero-order chi connectivity index (χ0) is 25.8. The molecule has 0 aromatic heterocycles. The summed E-state index contributed by atoms with van der Waals surface area (Å²) in [5.41, 5.74) is 1.65. The summed E-state index contributed by atoms with van der Waals surface area (Å²) < 4.78 is 50.3. The van der Waals surface area contributed by atoms with Gasteiger partial charge in [0.2, 0.25) is 0 Å². The van der Waals surface area contributed by atoms with Gasteiger partial charge in [-0.15, -0.1) is 0 Å². The van der Waals surface area contributed by atoms with Crippen LogP contribution in [0, 0.1) is 29.3 Å². The van der Waals surface area contributed by atoms with E-state index in [1.54, 1.807) is 12.1 Å². The Kier molecular flexibility index (Phi) is 10.4. The molecule has 0 saturated heterocycles. The van der Waals surface area contributed by atoms with Gasteiger partial charge in [-0.05, 0) is 55.0 Å². The first-order valence-corrected chi connectivity index (χ1v) is 12.2. The van der Waals surface area contributed by atoms with Crippen molar-refractivity contribution in [3.05, 3.63) is 94.8 Å². The minimum absolute atomic E-state index is 0.160. The number of hydrogen-bond acceptors (Lipinski definition) is 3. The quantitative estimate of drug-likeness (QED) is 0.0895. The van der Waals surface area contributed by atoms with E-state index >= 15 is 0 Å². The predicted octanol–water partition coefficient (Wildman–Crippen LogP) is 7.85. The molecule has 3 nitrogen and oxygen atoms in total. The molecule has 3 rings (SSSR count). The van der Waals surface area contributed by atoms with Crippen LogP contribution in [-0.2, 0) is 0 Å². The van der Waals surface area contributed by atoms with Crippen molar-refractivity contribution in [1.82, 2.24) is 0 Å². The number of unbranched alkanes of at least 4 members (excludes halogenated alkanes) is 6. The Morgan fingerprint density at radius 1 is 0.722 bits per heavy atom. The fraction of sp³-hybridized carbons (Fsp3) is 0.300. The van der Waals surface area contributed by atoms with Gasteiger partial charge in [0.05, 0.1) is 12.2 Å². The second kappa shape index (κ2) is 14.0. The highest BCUT2D eigenvalue weighted by molar-refractivity contribution is 5.91. The van der Waals surface area contributed by atoms with E-state index in [0.29, 0.717) is 24.3 Å². The molecule has 6 heteroatoms. The lowest BCUT2D eigenvalue weighted by molar-refractivity contribution is 0.0733. The minimum atomic E-state index is -1.62. The number of ether oxygens (including phenoxy) is 2. The van der Waals surface area contributed by atoms with E-state index in [-0.39, 0.29) is 5.56 Å². The lowest BCUT2D eigenvalue weighted by Crippen LogP contribution is -2.09. The van der Waals surface area contributed by atoms with E-state index in [1.807, 2.05) is 24.3 Å². The summed E-state index contributed by atoms with van der Waals surface area (Å²) in [6.45, 7) is 2.93. The molecular weight excluding hydrogens is 465 g/mol. The number of esters is 1. The summed E-state index contributed by atoms with van der Waals surface area (Å²) in [4.78, 5) is 12.2. The molecule has 0 heterocycles. The van der Waals surface area contributed by atoms with Gasteiger partial charge in [-0.2, -0.15) is 0 Å². The molecule has 0 amide bonds. The summed E-state index contributed by atoms with van der Waals surface area (Å²) >= 11 is 0. The fourth-order valence-electron chi connectivity index (χ4n) is 3.47. The smallest absolute Gasteiger partial charge is 0.343 e. The van der Waals surface area contributed by atoms with Crippen molar-refractivity contribution in [3.63, 3.8) is 0 Å². The highest BCUT2D eigenvalue weighted by Crippen LogP contribution is 2.20. The van der Waals surface area contributed by atoms with Gasteiger partial charge in [0.25, 0.3) is 0 Å². The highest BCUT2D eigenvalue weighted by atomic mass is 19.2. The van der Waals surface area contributed by atoms with Crippen LogP contribution in [0.3, 0.4) is 0 Å². The molecule has 0 aliphatic rings. The molecule has 3 aromatic carbocycles. The lowest BCUT2D eigenvalue weighted by atomic mass is 10.1. The van der Waals surface area contributed by atoms with Crippen LogP contribution in [0.5, 0.6) is 11.5 Å². The van der Waals surface area contributed by atoms with Crippen LogP contribution >= 0.6 is 0 Å². The predicted molar refractivity (Wildman–Crippen MR) is 134 cm³/mol. The summed E-state index contributed by atoms with van der Waals surface area (Å²) in [6, 6.07) is 15.0. The van der Waals surface area contributed by atoms with Crippen LogP contribution < -0.4 is 9.47 Å². The topological polar surface area (TPSA) is 35.5 Å². The zero-order valence-electron chi connectivity index (χ0n) is 20.3. The third-order valence-electron chi connectivity index (χ3n) is 5.51. The van der Waals surface area contributed by atoms with E-state index in [2.05, 4.69) is 18.8 Å². The average Bonchev–Trinajstić information content (AvgIpc) is 2.88. The SMILES string of the molecule is CCCCCCCCCOc1ccc(C#Cc2ccc(C(=O)Oc3cc(F)c(F)c(F)c3)cc2)cc1. The Bertz CT molecular complexity index is 1170. The molecule has 36 heavy (non-hydrogen) atoms. The minimum Gasteiger partial charge on any atom is -0.494 e. The van der Waals surface area contributed by atoms with Gasteiger partial charge in [-0.25, -0.2) is 18.0 Å². The Morgan fingerprint density at radius 3 is 1.83 bits per heavy atom. The van der Waals surface area contributed by atoms with Gasteiger partial charge in [0.1, 0.15) is 11.5 Å². The Hall–Kier alpha value is -3.72. The number of halogens is 3. The molecule has 0 spiro atoms. The van der Waals surface area contributed by atoms with Gasteiger partial charge in [-0.1, -0.05) is 57.3 Å². The van der Waals surface area contributed by atoms with Crippen LogP contribution in [0.25, 0.3) is 0 Å². The Morgan fingerprint density at radius 2 is 1.25 bits per heavy atom. The molecule has 3 aromatic rings. The van der Waals surface area contributed by atoms with E-state index in [4.69, 9.17) is 9.47 Å². The van der Waals surface area contributed by atoms with Gasteiger partial charge < -0.3 is 9.47 Å². The number of benzene rings is 3. The van der Waals surface area contributed by atoms with Gasteiger partial charge >= 0.3 is 5.97 Å². The maximum absolute atomic E-state index is 13.3. The molecule has 0 fully saturated rings. The summed E-state index contributed by atoms with van der Waals surface area (Å²) in [5.74, 6) is 1.15. The molecule has 0 atom stereocenters. The molecular formula is C30H29F3O3. The van der Waals surface area contributed by atoms with Crippen molar-refractivity contribution in [1.29, 1.82) is 0 Å². The lowest BCUT2D eigenvalue weighted by Gasteiger charge is -2.06. The fourth-order valence-corrected chi connectivity index (χ4v) is 3.47. The normalized spacial score (nSPS) is 10.4. The van der Waals surface area contributed by atoms with E-state index in [0.717, 1.165) is 17.7 Å². The molecule has 0 N–H and O–H groups in total. The molecule has 0 bridgehead atoms. The molecule has 0 saturated carbocycles. The largest absolute Gasteiger partial charge is 0.494 e. The first-order valence-electron chi connectivity index (χ1n) is 12.2. The van der Waals surface area contributed by atoms with Crippen molar-refractivity contribution in [3.8, 4) is 23.3 Å².